The Kier molecular flexibility index (Phi) is 3.96. The molecule has 0 unspecified atom stereocenters. The number of aryl methyl sites for hydroxylation is 1. The van der Waals surface area contributed by atoms with Crippen LogP contribution in [0.25, 0.3) is 0 Å². The monoisotopic (exact) mass is 223 g/mol. The summed E-state index contributed by atoms with van der Waals surface area (Å²) >= 11 is 0. The van der Waals surface area contributed by atoms with Crippen LogP contribution in [0, 0.1) is 5.92 Å². The zero-order valence-corrected chi connectivity index (χ0v) is 9.89. The lowest BCUT2D eigenvalue weighted by Gasteiger charge is -2.27. The van der Waals surface area contributed by atoms with E-state index in [2.05, 4.69) is 10.4 Å². The molecule has 1 heterocycles. The molecule has 1 aliphatic carbocycles. The molecule has 1 aromatic rings. The van der Waals surface area contributed by atoms with E-state index in [-0.39, 0.29) is 0 Å². The maximum atomic E-state index is 9.06. The minimum Gasteiger partial charge on any atom is -0.396 e. The van der Waals surface area contributed by atoms with Gasteiger partial charge in [-0.1, -0.05) is 0 Å². The molecule has 1 aromatic heterocycles. The van der Waals surface area contributed by atoms with Gasteiger partial charge in [0.2, 0.25) is 0 Å². The van der Waals surface area contributed by atoms with E-state index in [1.807, 2.05) is 24.1 Å². The van der Waals surface area contributed by atoms with Gasteiger partial charge in [-0.2, -0.15) is 5.10 Å². The van der Waals surface area contributed by atoms with Crippen LogP contribution in [-0.4, -0.2) is 27.5 Å². The number of nitrogens with one attached hydrogen (secondary N) is 1. The molecular weight excluding hydrogens is 202 g/mol. The van der Waals surface area contributed by atoms with Crippen molar-refractivity contribution in [3.63, 3.8) is 0 Å². The van der Waals surface area contributed by atoms with E-state index in [0.717, 1.165) is 19.4 Å². The molecule has 1 saturated carbocycles. The first-order valence-corrected chi connectivity index (χ1v) is 6.09. The van der Waals surface area contributed by atoms with Crippen molar-refractivity contribution in [3.8, 4) is 0 Å². The van der Waals surface area contributed by atoms with Gasteiger partial charge in [0.1, 0.15) is 0 Å². The second kappa shape index (κ2) is 5.46. The highest BCUT2D eigenvalue weighted by molar-refractivity contribution is 5.03. The van der Waals surface area contributed by atoms with Gasteiger partial charge in [0.25, 0.3) is 0 Å². The lowest BCUT2D eigenvalue weighted by atomic mass is 9.86. The van der Waals surface area contributed by atoms with Crippen LogP contribution in [0.4, 0.5) is 0 Å². The van der Waals surface area contributed by atoms with Crippen molar-refractivity contribution in [1.82, 2.24) is 15.1 Å². The van der Waals surface area contributed by atoms with E-state index >= 15 is 0 Å². The van der Waals surface area contributed by atoms with Crippen LogP contribution in [0.5, 0.6) is 0 Å². The largest absolute Gasteiger partial charge is 0.396 e. The average Bonchev–Trinajstić information content (AvgIpc) is 2.73. The van der Waals surface area contributed by atoms with Crippen molar-refractivity contribution >= 4 is 0 Å². The Morgan fingerprint density at radius 2 is 2.19 bits per heavy atom. The van der Waals surface area contributed by atoms with Gasteiger partial charge < -0.3 is 10.4 Å². The predicted octanol–water partition coefficient (Wildman–Crippen LogP) is 1.06. The quantitative estimate of drug-likeness (QED) is 0.802. The summed E-state index contributed by atoms with van der Waals surface area (Å²) < 4.78 is 1.83. The van der Waals surface area contributed by atoms with E-state index in [1.54, 1.807) is 0 Å². The van der Waals surface area contributed by atoms with Crippen molar-refractivity contribution in [2.45, 2.75) is 38.3 Å². The SMILES string of the molecule is Cn1cc(CNC2CCC(CO)CC2)cn1. The number of nitrogens with zero attached hydrogens (tertiary/aromatic N) is 2. The number of aliphatic hydroxyl groups excluding tert-OH is 1. The minimum atomic E-state index is 0.356. The number of hydrogen-bond acceptors (Lipinski definition) is 3. The third-order valence-corrected chi connectivity index (χ3v) is 3.46. The first-order chi connectivity index (χ1) is 7.78. The Labute approximate surface area is 96.7 Å². The number of aliphatic hydroxyl groups is 1. The van der Waals surface area contributed by atoms with Crippen LogP contribution in [0.15, 0.2) is 12.4 Å². The molecule has 0 aromatic carbocycles. The van der Waals surface area contributed by atoms with Gasteiger partial charge in [0.05, 0.1) is 6.20 Å². The second-order valence-corrected chi connectivity index (χ2v) is 4.80. The summed E-state index contributed by atoms with van der Waals surface area (Å²) in [5.41, 5.74) is 1.24. The van der Waals surface area contributed by atoms with E-state index in [9.17, 15) is 0 Å². The number of aromatic nitrogens is 2. The van der Waals surface area contributed by atoms with Crippen molar-refractivity contribution in [2.24, 2.45) is 13.0 Å². The lowest BCUT2D eigenvalue weighted by Crippen LogP contribution is -2.33. The summed E-state index contributed by atoms with van der Waals surface area (Å²) in [5.74, 6) is 0.538. The lowest BCUT2D eigenvalue weighted by molar-refractivity contribution is 0.175. The Bertz CT molecular complexity index is 316. The molecular formula is C12H21N3O. The van der Waals surface area contributed by atoms with Crippen LogP contribution < -0.4 is 5.32 Å². The predicted molar refractivity (Wildman–Crippen MR) is 62.9 cm³/mol. The molecule has 1 fully saturated rings. The fourth-order valence-electron chi connectivity index (χ4n) is 2.37. The highest BCUT2D eigenvalue weighted by Crippen LogP contribution is 2.23. The van der Waals surface area contributed by atoms with Gasteiger partial charge in [-0.3, -0.25) is 4.68 Å². The van der Waals surface area contributed by atoms with E-state index < -0.39 is 0 Å². The van der Waals surface area contributed by atoms with Gasteiger partial charge >= 0.3 is 0 Å². The van der Waals surface area contributed by atoms with Gasteiger partial charge in [-0.05, 0) is 31.6 Å². The van der Waals surface area contributed by atoms with Crippen LogP contribution in [0.2, 0.25) is 0 Å². The molecule has 16 heavy (non-hydrogen) atoms. The summed E-state index contributed by atoms with van der Waals surface area (Å²) in [7, 11) is 1.94. The third-order valence-electron chi connectivity index (χ3n) is 3.46. The van der Waals surface area contributed by atoms with Crippen LogP contribution in [-0.2, 0) is 13.6 Å². The zero-order chi connectivity index (χ0) is 11.4. The highest BCUT2D eigenvalue weighted by Gasteiger charge is 2.19. The molecule has 0 radical (unpaired) electrons. The summed E-state index contributed by atoms with van der Waals surface area (Å²) in [6.45, 7) is 1.26. The molecule has 4 nitrogen and oxygen atoms in total. The Hall–Kier alpha value is -0.870. The smallest absolute Gasteiger partial charge is 0.0534 e. The van der Waals surface area contributed by atoms with E-state index in [4.69, 9.17) is 5.11 Å². The van der Waals surface area contributed by atoms with Gasteiger partial charge in [-0.15, -0.1) is 0 Å². The fraction of sp³-hybridized carbons (Fsp3) is 0.750. The molecule has 0 amide bonds. The van der Waals surface area contributed by atoms with Crippen LogP contribution in [0.1, 0.15) is 31.2 Å². The standard InChI is InChI=1S/C12H21N3O/c1-15-8-11(7-14-15)6-13-12-4-2-10(9-16)3-5-12/h7-8,10,12-13,16H,2-6,9H2,1H3. The second-order valence-electron chi connectivity index (χ2n) is 4.80. The molecule has 0 aliphatic heterocycles. The molecule has 0 spiro atoms. The van der Waals surface area contributed by atoms with Gasteiger partial charge in [-0.25, -0.2) is 0 Å². The summed E-state index contributed by atoms with van der Waals surface area (Å²) in [4.78, 5) is 0. The van der Waals surface area contributed by atoms with E-state index in [0.29, 0.717) is 18.6 Å². The maximum Gasteiger partial charge on any atom is 0.0534 e. The number of rotatable bonds is 4. The van der Waals surface area contributed by atoms with Crippen molar-refractivity contribution in [3.05, 3.63) is 18.0 Å². The van der Waals surface area contributed by atoms with Crippen molar-refractivity contribution in [1.29, 1.82) is 0 Å². The van der Waals surface area contributed by atoms with Gasteiger partial charge in [0.15, 0.2) is 0 Å². The molecule has 2 N–H and O–H groups in total. The molecule has 4 heteroatoms. The third kappa shape index (κ3) is 3.06. The zero-order valence-electron chi connectivity index (χ0n) is 9.89. The molecule has 2 rings (SSSR count). The maximum absolute atomic E-state index is 9.06. The van der Waals surface area contributed by atoms with Crippen LogP contribution >= 0.6 is 0 Å². The van der Waals surface area contributed by atoms with Gasteiger partial charge in [0, 0.05) is 38.0 Å². The van der Waals surface area contributed by atoms with Crippen molar-refractivity contribution < 1.29 is 5.11 Å². The molecule has 1 aliphatic rings. The molecule has 0 bridgehead atoms. The van der Waals surface area contributed by atoms with Crippen LogP contribution in [0.3, 0.4) is 0 Å². The number of hydrogen-bond donors (Lipinski definition) is 2. The minimum absolute atomic E-state index is 0.356. The Morgan fingerprint density at radius 3 is 2.75 bits per heavy atom. The summed E-state index contributed by atoms with van der Waals surface area (Å²) in [6.07, 6.45) is 8.64. The first kappa shape index (κ1) is 11.6. The highest BCUT2D eigenvalue weighted by atomic mass is 16.3. The van der Waals surface area contributed by atoms with Crippen molar-refractivity contribution in [2.75, 3.05) is 6.61 Å². The first-order valence-electron chi connectivity index (χ1n) is 6.09. The van der Waals surface area contributed by atoms with E-state index in [1.165, 1.54) is 18.4 Å². The summed E-state index contributed by atoms with van der Waals surface area (Å²) in [6, 6.07) is 0.614. The Balaban J connectivity index is 1.71. The average molecular weight is 223 g/mol. The fourth-order valence-corrected chi connectivity index (χ4v) is 2.37. The molecule has 0 saturated heterocycles. The summed E-state index contributed by atoms with van der Waals surface area (Å²) in [5, 5.41) is 16.8. The molecule has 0 atom stereocenters. The topological polar surface area (TPSA) is 50.1 Å². The Morgan fingerprint density at radius 1 is 1.44 bits per heavy atom. The molecule has 90 valence electrons. The normalized spacial score (nSPS) is 25.9.